The minimum atomic E-state index is -0.957. The Balaban J connectivity index is 1.83. The summed E-state index contributed by atoms with van der Waals surface area (Å²) in [5.74, 6) is -0.523. The van der Waals surface area contributed by atoms with Gasteiger partial charge in [-0.25, -0.2) is 9.36 Å². The zero-order valence-electron chi connectivity index (χ0n) is 17.5. The number of para-hydroxylation sites is 3. The fraction of sp³-hybridized carbons (Fsp3) is 0.0400. The van der Waals surface area contributed by atoms with Gasteiger partial charge in [0.1, 0.15) is 5.69 Å². The highest BCUT2D eigenvalue weighted by Crippen LogP contribution is 2.41. The summed E-state index contributed by atoms with van der Waals surface area (Å²) < 4.78 is 6.68. The molecule has 9 heteroatoms. The number of H-pyrrole nitrogens is 1. The molecule has 1 aliphatic heterocycles. The Bertz CT molecular complexity index is 1850. The minimum absolute atomic E-state index is 0.0260. The van der Waals surface area contributed by atoms with Crippen LogP contribution in [0.15, 0.2) is 79.5 Å². The molecule has 0 bridgehead atoms. The summed E-state index contributed by atoms with van der Waals surface area (Å²) in [4.78, 5) is 55.8. The van der Waals surface area contributed by atoms with Crippen molar-refractivity contribution in [1.82, 2.24) is 9.55 Å². The third-order valence-electron chi connectivity index (χ3n) is 5.86. The van der Waals surface area contributed by atoms with Gasteiger partial charge < -0.3 is 15.1 Å². The standard InChI is InChI=1S/C25H15N4O5/c26-14-9-10-15-16(12-14)25(33)34-24(21(15)28-18-7-3-1-5-13(18)11-20(28)30)29-19-8-4-2-6-17(19)27-22(31)23(29)32/h1-10H,11,26H2,(H,27,31). The summed E-state index contributed by atoms with van der Waals surface area (Å²) in [6, 6.07) is 19.7. The molecule has 6 rings (SSSR count). The van der Waals surface area contributed by atoms with E-state index in [1.54, 1.807) is 48.5 Å². The lowest BCUT2D eigenvalue weighted by Crippen LogP contribution is -2.37. The molecule has 165 valence electrons. The first-order chi connectivity index (χ1) is 16.4. The van der Waals surface area contributed by atoms with E-state index in [2.05, 4.69) is 11.1 Å². The van der Waals surface area contributed by atoms with Crippen LogP contribution in [0, 0.1) is 6.07 Å². The Morgan fingerprint density at radius 2 is 1.71 bits per heavy atom. The van der Waals surface area contributed by atoms with Crippen molar-refractivity contribution in [1.29, 1.82) is 0 Å². The van der Waals surface area contributed by atoms with Crippen molar-refractivity contribution in [3.05, 3.63) is 103 Å². The van der Waals surface area contributed by atoms with Gasteiger partial charge in [-0.15, -0.1) is 0 Å². The van der Waals surface area contributed by atoms with Crippen LogP contribution in [0.4, 0.5) is 17.1 Å². The number of nitrogens with zero attached hydrogens (tertiary/aromatic N) is 2. The van der Waals surface area contributed by atoms with Crippen LogP contribution in [-0.2, 0) is 11.2 Å². The molecular weight excluding hydrogens is 436 g/mol. The number of nitrogens with one attached hydrogen (secondary N) is 1. The normalized spacial score (nSPS) is 13.1. The molecule has 3 aromatic carbocycles. The van der Waals surface area contributed by atoms with Crippen molar-refractivity contribution in [2.45, 2.75) is 6.42 Å². The van der Waals surface area contributed by atoms with E-state index in [1.807, 2.05) is 12.1 Å². The van der Waals surface area contributed by atoms with E-state index < -0.39 is 16.7 Å². The predicted molar refractivity (Wildman–Crippen MR) is 127 cm³/mol. The number of nitrogens with two attached hydrogens (primary N) is 1. The van der Waals surface area contributed by atoms with Crippen LogP contribution in [0.1, 0.15) is 5.56 Å². The van der Waals surface area contributed by atoms with Gasteiger partial charge in [-0.3, -0.25) is 19.3 Å². The van der Waals surface area contributed by atoms with Crippen molar-refractivity contribution < 1.29 is 9.21 Å². The smallest absolute Gasteiger partial charge is 0.346 e. The van der Waals surface area contributed by atoms with E-state index in [0.717, 1.165) is 10.1 Å². The van der Waals surface area contributed by atoms with Gasteiger partial charge in [0, 0.05) is 17.1 Å². The molecule has 1 radical (unpaired) electrons. The Morgan fingerprint density at radius 1 is 0.941 bits per heavy atom. The van der Waals surface area contributed by atoms with Gasteiger partial charge in [0.05, 0.1) is 28.5 Å². The summed E-state index contributed by atoms with van der Waals surface area (Å²) in [5, 5.41) is 0.333. The fourth-order valence-corrected chi connectivity index (χ4v) is 4.40. The number of anilines is 3. The highest BCUT2D eigenvalue weighted by molar-refractivity contribution is 6.14. The quantitative estimate of drug-likeness (QED) is 0.313. The van der Waals surface area contributed by atoms with Crippen molar-refractivity contribution in [3.63, 3.8) is 0 Å². The molecule has 0 saturated carbocycles. The van der Waals surface area contributed by atoms with E-state index in [0.29, 0.717) is 22.1 Å². The maximum atomic E-state index is 13.2. The number of hydrogen-bond acceptors (Lipinski definition) is 6. The Hall–Kier alpha value is -4.92. The Morgan fingerprint density at radius 3 is 2.56 bits per heavy atom. The largest absolute Gasteiger partial charge is 0.403 e. The zero-order valence-corrected chi connectivity index (χ0v) is 17.5. The lowest BCUT2D eigenvalue weighted by Gasteiger charge is -2.22. The lowest BCUT2D eigenvalue weighted by molar-refractivity contribution is -0.116. The minimum Gasteiger partial charge on any atom is -0.403 e. The van der Waals surface area contributed by atoms with Crippen LogP contribution in [0.25, 0.3) is 27.7 Å². The highest BCUT2D eigenvalue weighted by atomic mass is 16.4. The number of benzene rings is 3. The van der Waals surface area contributed by atoms with Gasteiger partial charge in [0.2, 0.25) is 11.8 Å². The van der Waals surface area contributed by atoms with Crippen LogP contribution in [0.5, 0.6) is 0 Å². The van der Waals surface area contributed by atoms with Gasteiger partial charge in [0.25, 0.3) is 0 Å². The second-order valence-electron chi connectivity index (χ2n) is 7.89. The zero-order chi connectivity index (χ0) is 23.6. The average molecular weight is 451 g/mol. The van der Waals surface area contributed by atoms with E-state index in [9.17, 15) is 19.2 Å². The third kappa shape index (κ3) is 2.73. The molecule has 0 unspecified atom stereocenters. The Kier molecular flexibility index (Phi) is 4.09. The van der Waals surface area contributed by atoms with Crippen molar-refractivity contribution in [3.8, 4) is 5.88 Å². The number of carbonyl (C=O) groups excluding carboxylic acids is 1. The molecule has 0 atom stereocenters. The van der Waals surface area contributed by atoms with E-state index in [4.69, 9.17) is 10.2 Å². The molecule has 0 saturated heterocycles. The van der Waals surface area contributed by atoms with Gasteiger partial charge in [-0.05, 0) is 35.9 Å². The van der Waals surface area contributed by atoms with Gasteiger partial charge >= 0.3 is 16.7 Å². The van der Waals surface area contributed by atoms with Crippen LogP contribution < -0.4 is 27.4 Å². The summed E-state index contributed by atoms with van der Waals surface area (Å²) in [7, 11) is 0. The first kappa shape index (κ1) is 19.7. The summed E-state index contributed by atoms with van der Waals surface area (Å²) in [6.07, 6.45) is 0.125. The number of fused-ring (bicyclic) bond motifs is 3. The highest BCUT2D eigenvalue weighted by Gasteiger charge is 2.34. The second-order valence-corrected chi connectivity index (χ2v) is 7.89. The van der Waals surface area contributed by atoms with Crippen LogP contribution >= 0.6 is 0 Å². The average Bonchev–Trinajstić information content (AvgIpc) is 3.16. The molecule has 2 aromatic heterocycles. The first-order valence-corrected chi connectivity index (χ1v) is 10.4. The van der Waals surface area contributed by atoms with E-state index in [1.165, 1.54) is 4.90 Å². The summed E-state index contributed by atoms with van der Waals surface area (Å²) in [5.41, 5.74) is 5.58. The molecule has 9 nitrogen and oxygen atoms in total. The van der Waals surface area contributed by atoms with Crippen LogP contribution in [0.2, 0.25) is 0 Å². The van der Waals surface area contributed by atoms with Crippen molar-refractivity contribution in [2.75, 3.05) is 10.6 Å². The first-order valence-electron chi connectivity index (χ1n) is 10.4. The molecule has 3 heterocycles. The maximum Gasteiger partial charge on any atom is 0.346 e. The lowest BCUT2D eigenvalue weighted by atomic mass is 10.1. The predicted octanol–water partition coefficient (Wildman–Crippen LogP) is 2.39. The molecule has 1 amide bonds. The van der Waals surface area contributed by atoms with E-state index in [-0.39, 0.29) is 35.0 Å². The molecule has 0 fully saturated rings. The molecular formula is C25H15N4O5. The van der Waals surface area contributed by atoms with Gasteiger partial charge in [-0.2, -0.15) is 0 Å². The monoisotopic (exact) mass is 451 g/mol. The topological polar surface area (TPSA) is 131 Å². The summed E-state index contributed by atoms with van der Waals surface area (Å²) >= 11 is 0. The number of nitrogen functional groups attached to an aromatic ring is 1. The number of rotatable bonds is 2. The van der Waals surface area contributed by atoms with Gasteiger partial charge in [0.15, 0.2) is 0 Å². The van der Waals surface area contributed by atoms with Gasteiger partial charge in [-0.1, -0.05) is 30.3 Å². The SMILES string of the molecule is Nc1[c]c2c(=O)oc(-n3c(=O)c(=O)[nH]c4ccccc43)c(N3C(=O)Cc4ccccc43)c2cc1. The number of carbonyl (C=O) groups is 1. The van der Waals surface area contributed by atoms with Crippen LogP contribution in [-0.4, -0.2) is 15.5 Å². The number of aromatic amines is 1. The number of aromatic nitrogens is 2. The molecule has 3 N–H and O–H groups in total. The molecule has 5 aromatic rings. The van der Waals surface area contributed by atoms with Crippen molar-refractivity contribution >= 4 is 44.8 Å². The number of hydrogen-bond donors (Lipinski definition) is 2. The third-order valence-corrected chi connectivity index (χ3v) is 5.86. The molecule has 0 aliphatic carbocycles. The van der Waals surface area contributed by atoms with E-state index >= 15 is 0 Å². The molecule has 34 heavy (non-hydrogen) atoms. The number of amides is 1. The molecule has 0 spiro atoms. The fourth-order valence-electron chi connectivity index (χ4n) is 4.40. The van der Waals surface area contributed by atoms with Crippen LogP contribution in [0.3, 0.4) is 0 Å². The Labute approximate surface area is 190 Å². The van der Waals surface area contributed by atoms with Crippen molar-refractivity contribution in [2.24, 2.45) is 0 Å². The maximum absolute atomic E-state index is 13.2. The summed E-state index contributed by atoms with van der Waals surface area (Å²) in [6.45, 7) is 0. The molecule has 1 aliphatic rings. The second kappa shape index (κ2) is 7.04.